The zero-order valence-corrected chi connectivity index (χ0v) is 14.8. The molecule has 7 heteroatoms. The summed E-state index contributed by atoms with van der Waals surface area (Å²) >= 11 is 1.45. The molecule has 0 aliphatic carbocycles. The lowest BCUT2D eigenvalue weighted by atomic mass is 10.2. The minimum atomic E-state index is -0.328. The van der Waals surface area contributed by atoms with E-state index in [0.29, 0.717) is 27.6 Å². The summed E-state index contributed by atoms with van der Waals surface area (Å²) in [5.74, 6) is 0.367. The first kappa shape index (κ1) is 16.5. The number of aryl methyl sites for hydroxylation is 1. The number of thioether (sulfide) groups is 1. The van der Waals surface area contributed by atoms with Crippen LogP contribution in [0.25, 0.3) is 16.7 Å². The molecule has 130 valence electrons. The second kappa shape index (κ2) is 6.76. The maximum Gasteiger partial charge on any atom is 0.262 e. The molecule has 0 saturated heterocycles. The van der Waals surface area contributed by atoms with Gasteiger partial charge in [0.05, 0.1) is 11.9 Å². The van der Waals surface area contributed by atoms with Gasteiger partial charge in [-0.3, -0.25) is 4.79 Å². The van der Waals surface area contributed by atoms with Crippen molar-refractivity contribution in [3.8, 4) is 5.69 Å². The summed E-state index contributed by atoms with van der Waals surface area (Å²) in [5.41, 5.74) is 3.20. The van der Waals surface area contributed by atoms with E-state index in [9.17, 15) is 9.18 Å². The normalized spacial score (nSPS) is 11.2. The molecule has 0 radical (unpaired) electrons. The van der Waals surface area contributed by atoms with Crippen molar-refractivity contribution in [3.63, 3.8) is 0 Å². The van der Waals surface area contributed by atoms with Gasteiger partial charge in [0.1, 0.15) is 11.2 Å². The van der Waals surface area contributed by atoms with Gasteiger partial charge in [-0.1, -0.05) is 41.6 Å². The average Bonchev–Trinajstić information content (AvgIpc) is 3.05. The fraction of sp³-hybridized carbons (Fsp3) is 0.105. The third-order valence-electron chi connectivity index (χ3n) is 3.95. The van der Waals surface area contributed by atoms with Gasteiger partial charge in [0.25, 0.3) is 5.56 Å². The fourth-order valence-electron chi connectivity index (χ4n) is 2.69. The van der Waals surface area contributed by atoms with Crippen LogP contribution in [-0.2, 0) is 5.75 Å². The topological polar surface area (TPSA) is 63.6 Å². The van der Waals surface area contributed by atoms with Gasteiger partial charge in [-0.2, -0.15) is 5.10 Å². The van der Waals surface area contributed by atoms with Crippen LogP contribution in [0.1, 0.15) is 11.1 Å². The highest BCUT2D eigenvalue weighted by atomic mass is 32.2. The molecule has 5 nitrogen and oxygen atoms in total. The molecule has 4 rings (SSSR count). The highest BCUT2D eigenvalue weighted by Crippen LogP contribution is 2.21. The van der Waals surface area contributed by atoms with Gasteiger partial charge in [-0.05, 0) is 36.8 Å². The molecular weight excluding hydrogens is 351 g/mol. The Morgan fingerprint density at radius 2 is 2.00 bits per heavy atom. The van der Waals surface area contributed by atoms with Crippen molar-refractivity contribution in [1.82, 2.24) is 19.7 Å². The van der Waals surface area contributed by atoms with E-state index in [4.69, 9.17) is 0 Å². The number of H-pyrrole nitrogens is 1. The first-order chi connectivity index (χ1) is 12.6. The van der Waals surface area contributed by atoms with E-state index in [-0.39, 0.29) is 11.4 Å². The lowest BCUT2D eigenvalue weighted by Crippen LogP contribution is -2.09. The molecule has 0 aliphatic heterocycles. The first-order valence-electron chi connectivity index (χ1n) is 8.02. The highest BCUT2D eigenvalue weighted by molar-refractivity contribution is 7.98. The number of aromatic nitrogens is 4. The summed E-state index contributed by atoms with van der Waals surface area (Å²) in [6.07, 6.45) is 1.47. The Bertz CT molecular complexity index is 1130. The maximum atomic E-state index is 13.2. The van der Waals surface area contributed by atoms with Crippen LogP contribution in [-0.4, -0.2) is 19.7 Å². The molecule has 0 spiro atoms. The van der Waals surface area contributed by atoms with Gasteiger partial charge >= 0.3 is 0 Å². The van der Waals surface area contributed by atoms with Crippen LogP contribution in [0.5, 0.6) is 0 Å². The summed E-state index contributed by atoms with van der Waals surface area (Å²) in [6, 6.07) is 14.1. The van der Waals surface area contributed by atoms with E-state index in [2.05, 4.69) is 21.1 Å². The molecule has 0 bridgehead atoms. The van der Waals surface area contributed by atoms with Crippen molar-refractivity contribution in [3.05, 3.63) is 82.0 Å². The molecule has 0 atom stereocenters. The number of hydrogen-bond donors (Lipinski definition) is 1. The summed E-state index contributed by atoms with van der Waals surface area (Å²) in [5, 5.41) is 5.15. The summed E-state index contributed by atoms with van der Waals surface area (Å²) in [4.78, 5) is 19.7. The van der Waals surface area contributed by atoms with Gasteiger partial charge in [-0.15, -0.1) is 0 Å². The predicted molar refractivity (Wildman–Crippen MR) is 100 cm³/mol. The van der Waals surface area contributed by atoms with Crippen LogP contribution in [0.4, 0.5) is 4.39 Å². The van der Waals surface area contributed by atoms with Crippen molar-refractivity contribution in [2.24, 2.45) is 0 Å². The Morgan fingerprint density at radius 1 is 1.19 bits per heavy atom. The van der Waals surface area contributed by atoms with Crippen molar-refractivity contribution >= 4 is 22.8 Å². The third-order valence-corrected chi connectivity index (χ3v) is 4.89. The van der Waals surface area contributed by atoms with E-state index in [1.54, 1.807) is 16.8 Å². The molecule has 4 aromatic rings. The van der Waals surface area contributed by atoms with Gasteiger partial charge < -0.3 is 4.98 Å². The molecular formula is C19H15FN4OS. The molecule has 0 unspecified atom stereocenters. The molecule has 2 heterocycles. The number of nitrogens with one attached hydrogen (secondary N) is 1. The Hall–Kier alpha value is -2.93. The molecule has 0 fully saturated rings. The van der Waals surface area contributed by atoms with Crippen molar-refractivity contribution in [2.45, 2.75) is 17.8 Å². The van der Waals surface area contributed by atoms with Crippen LogP contribution in [0, 0.1) is 12.7 Å². The van der Waals surface area contributed by atoms with E-state index in [1.807, 2.05) is 25.1 Å². The lowest BCUT2D eigenvalue weighted by Gasteiger charge is -2.05. The highest BCUT2D eigenvalue weighted by Gasteiger charge is 2.12. The summed E-state index contributed by atoms with van der Waals surface area (Å²) in [7, 11) is 0. The number of hydrogen-bond acceptors (Lipinski definition) is 4. The quantitative estimate of drug-likeness (QED) is 0.440. The summed E-state index contributed by atoms with van der Waals surface area (Å²) < 4.78 is 14.7. The zero-order chi connectivity index (χ0) is 18.1. The molecule has 0 aliphatic rings. The second-order valence-corrected chi connectivity index (χ2v) is 6.88. The van der Waals surface area contributed by atoms with Crippen molar-refractivity contribution < 1.29 is 4.39 Å². The average molecular weight is 366 g/mol. The standard InChI is InChI=1S/C19H15FN4OS/c1-12-3-2-4-13(9-12)11-26-19-22-17-16(18(25)23-19)10-21-24(17)15-7-5-14(20)6-8-15/h2-10H,11H2,1H3,(H,22,23,25). The first-order valence-corrected chi connectivity index (χ1v) is 9.01. The number of halogens is 1. The predicted octanol–water partition coefficient (Wildman–Crippen LogP) is 3.85. The minimum absolute atomic E-state index is 0.241. The van der Waals surface area contributed by atoms with Crippen molar-refractivity contribution in [2.75, 3.05) is 0 Å². The van der Waals surface area contributed by atoms with Crippen LogP contribution < -0.4 is 5.56 Å². The molecule has 0 saturated carbocycles. The molecule has 26 heavy (non-hydrogen) atoms. The molecule has 2 aromatic carbocycles. The number of aromatic amines is 1. The van der Waals surface area contributed by atoms with Gasteiger partial charge in [0.2, 0.25) is 0 Å². The Morgan fingerprint density at radius 3 is 2.77 bits per heavy atom. The Kier molecular flexibility index (Phi) is 4.30. The van der Waals surface area contributed by atoms with E-state index < -0.39 is 0 Å². The second-order valence-electron chi connectivity index (χ2n) is 5.92. The Balaban J connectivity index is 1.69. The summed E-state index contributed by atoms with van der Waals surface area (Å²) in [6.45, 7) is 2.04. The monoisotopic (exact) mass is 366 g/mol. The minimum Gasteiger partial charge on any atom is -0.301 e. The molecule has 1 N–H and O–H groups in total. The third kappa shape index (κ3) is 3.25. The zero-order valence-electron chi connectivity index (χ0n) is 13.9. The number of fused-ring (bicyclic) bond motifs is 1. The SMILES string of the molecule is Cc1cccc(CSc2nc3c(cnn3-c3ccc(F)cc3)c(=O)[nH]2)c1. The van der Waals surface area contributed by atoms with Crippen LogP contribution in [0.15, 0.2) is 64.7 Å². The van der Waals surface area contributed by atoms with E-state index in [1.165, 1.54) is 35.7 Å². The van der Waals surface area contributed by atoms with E-state index in [0.717, 1.165) is 5.56 Å². The van der Waals surface area contributed by atoms with Gasteiger partial charge in [-0.25, -0.2) is 14.1 Å². The van der Waals surface area contributed by atoms with Crippen LogP contribution in [0.2, 0.25) is 0 Å². The van der Waals surface area contributed by atoms with Crippen LogP contribution in [0.3, 0.4) is 0 Å². The van der Waals surface area contributed by atoms with Gasteiger partial charge in [0.15, 0.2) is 10.8 Å². The number of rotatable bonds is 4. The number of nitrogens with zero attached hydrogens (tertiary/aromatic N) is 3. The van der Waals surface area contributed by atoms with Crippen molar-refractivity contribution in [1.29, 1.82) is 0 Å². The van der Waals surface area contributed by atoms with Crippen LogP contribution >= 0.6 is 11.8 Å². The molecule has 2 aromatic heterocycles. The Labute approximate surface area is 152 Å². The molecule has 0 amide bonds. The smallest absolute Gasteiger partial charge is 0.262 e. The number of benzene rings is 2. The lowest BCUT2D eigenvalue weighted by molar-refractivity contribution is 0.627. The van der Waals surface area contributed by atoms with Gasteiger partial charge in [0, 0.05) is 5.75 Å². The maximum absolute atomic E-state index is 13.2. The van der Waals surface area contributed by atoms with E-state index >= 15 is 0 Å². The largest absolute Gasteiger partial charge is 0.301 e. The fourth-order valence-corrected chi connectivity index (χ4v) is 3.49.